The van der Waals surface area contributed by atoms with Gasteiger partial charge in [0.15, 0.2) is 0 Å². The van der Waals surface area contributed by atoms with E-state index in [0.29, 0.717) is 5.52 Å². The molecule has 24 heavy (non-hydrogen) atoms. The van der Waals surface area contributed by atoms with Gasteiger partial charge < -0.3 is 15.3 Å². The summed E-state index contributed by atoms with van der Waals surface area (Å²) in [4.78, 5) is 29.9. The molecule has 1 aliphatic rings. The molecular formula is C16H18F3N3O2. The molecule has 1 amide bonds. The zero-order valence-electron chi connectivity index (χ0n) is 13.1. The number of pyridine rings is 1. The van der Waals surface area contributed by atoms with Gasteiger partial charge in [-0.05, 0) is 38.2 Å². The zero-order valence-corrected chi connectivity index (χ0v) is 13.1. The number of fused-ring (bicyclic) bond motifs is 1. The number of hydrogen-bond donors (Lipinski definition) is 3. The summed E-state index contributed by atoms with van der Waals surface area (Å²) in [7, 11) is 0. The van der Waals surface area contributed by atoms with Gasteiger partial charge in [-0.15, -0.1) is 0 Å². The van der Waals surface area contributed by atoms with Crippen LogP contribution in [0.1, 0.15) is 41.6 Å². The van der Waals surface area contributed by atoms with Gasteiger partial charge in [0.25, 0.3) is 11.5 Å². The highest BCUT2D eigenvalue weighted by molar-refractivity contribution is 6.07. The van der Waals surface area contributed by atoms with Gasteiger partial charge in [0.05, 0.1) is 22.4 Å². The van der Waals surface area contributed by atoms with E-state index < -0.39 is 18.0 Å². The van der Waals surface area contributed by atoms with Crippen LogP contribution in [-0.2, 0) is 0 Å². The summed E-state index contributed by atoms with van der Waals surface area (Å²) in [6.07, 6.45) is -0.549. The predicted octanol–water partition coefficient (Wildman–Crippen LogP) is 3.02. The van der Waals surface area contributed by atoms with E-state index in [0.717, 1.165) is 5.56 Å². The van der Waals surface area contributed by atoms with Crippen LogP contribution in [-0.4, -0.2) is 28.1 Å². The number of carbonyl (C=O) groups excluding carboxylic acids is 1. The molecule has 0 aliphatic heterocycles. The molecule has 3 N–H and O–H groups in total. The van der Waals surface area contributed by atoms with E-state index in [-0.39, 0.29) is 48.2 Å². The maximum absolute atomic E-state index is 12.7. The standard InChI is InChI=1S/C16H18F3N3O2/c1-8-6-21-15(24)12-11(7-20-13(8)12)14(23)22-10-4-2-9(3-5-10)16(17,18)19/h6-7,9-10,20H,2-5H2,1H3,(H,21,24)(H,22,23). The topological polar surface area (TPSA) is 77.8 Å². The number of aromatic nitrogens is 2. The fourth-order valence-corrected chi connectivity index (χ4v) is 3.30. The number of alkyl halides is 3. The van der Waals surface area contributed by atoms with Gasteiger partial charge in [-0.25, -0.2) is 0 Å². The van der Waals surface area contributed by atoms with E-state index in [1.807, 2.05) is 0 Å². The highest BCUT2D eigenvalue weighted by Crippen LogP contribution is 2.37. The van der Waals surface area contributed by atoms with Crippen molar-refractivity contribution >= 4 is 16.8 Å². The molecule has 0 unspecified atom stereocenters. The van der Waals surface area contributed by atoms with Crippen LogP contribution in [0.25, 0.3) is 10.9 Å². The minimum absolute atomic E-state index is 0.0159. The van der Waals surface area contributed by atoms with Crippen LogP contribution < -0.4 is 10.9 Å². The average Bonchev–Trinajstić information content (AvgIpc) is 2.97. The molecule has 8 heteroatoms. The first-order chi connectivity index (χ1) is 11.3. The van der Waals surface area contributed by atoms with Gasteiger partial charge in [0.2, 0.25) is 0 Å². The van der Waals surface area contributed by atoms with Crippen LogP contribution in [0, 0.1) is 12.8 Å². The smallest absolute Gasteiger partial charge is 0.360 e. The van der Waals surface area contributed by atoms with Crippen LogP contribution in [0.4, 0.5) is 13.2 Å². The van der Waals surface area contributed by atoms with Crippen molar-refractivity contribution in [1.29, 1.82) is 0 Å². The number of rotatable bonds is 2. The Labute approximate surface area is 135 Å². The van der Waals surface area contributed by atoms with Crippen molar-refractivity contribution in [3.8, 4) is 0 Å². The van der Waals surface area contributed by atoms with Crippen LogP contribution in [0.2, 0.25) is 0 Å². The van der Waals surface area contributed by atoms with Gasteiger partial charge in [0.1, 0.15) is 0 Å². The van der Waals surface area contributed by atoms with E-state index in [2.05, 4.69) is 15.3 Å². The van der Waals surface area contributed by atoms with Crippen molar-refractivity contribution in [3.63, 3.8) is 0 Å². The summed E-state index contributed by atoms with van der Waals surface area (Å²) in [5, 5.41) is 3.03. The van der Waals surface area contributed by atoms with E-state index in [9.17, 15) is 22.8 Å². The second-order valence-corrected chi connectivity index (χ2v) is 6.32. The molecule has 0 spiro atoms. The number of aromatic amines is 2. The second kappa shape index (κ2) is 5.99. The Bertz CT molecular complexity index is 814. The number of amides is 1. The summed E-state index contributed by atoms with van der Waals surface area (Å²) in [6.45, 7) is 1.80. The number of hydrogen-bond acceptors (Lipinski definition) is 2. The Morgan fingerprint density at radius 2 is 1.83 bits per heavy atom. The molecule has 2 aromatic rings. The summed E-state index contributed by atoms with van der Waals surface area (Å²) in [6, 6.07) is -0.301. The van der Waals surface area contributed by atoms with Crippen LogP contribution in [0.15, 0.2) is 17.2 Å². The Hall–Kier alpha value is -2.25. The molecule has 1 aliphatic carbocycles. The summed E-state index contributed by atoms with van der Waals surface area (Å²) in [5.41, 5.74) is 1.23. The summed E-state index contributed by atoms with van der Waals surface area (Å²) >= 11 is 0. The van der Waals surface area contributed by atoms with Crippen LogP contribution in [0.5, 0.6) is 0 Å². The van der Waals surface area contributed by atoms with Gasteiger partial charge in [0, 0.05) is 18.4 Å². The molecule has 2 heterocycles. The fraction of sp³-hybridized carbons (Fsp3) is 0.500. The number of nitrogens with one attached hydrogen (secondary N) is 3. The molecule has 130 valence electrons. The Morgan fingerprint density at radius 3 is 2.46 bits per heavy atom. The normalized spacial score (nSPS) is 21.8. The van der Waals surface area contributed by atoms with Crippen LogP contribution in [0.3, 0.4) is 0 Å². The lowest BCUT2D eigenvalue weighted by Gasteiger charge is -2.30. The molecule has 1 saturated carbocycles. The van der Waals surface area contributed by atoms with Gasteiger partial charge in [-0.1, -0.05) is 0 Å². The lowest BCUT2D eigenvalue weighted by molar-refractivity contribution is -0.182. The Morgan fingerprint density at radius 1 is 1.17 bits per heavy atom. The number of carbonyl (C=O) groups is 1. The molecular weight excluding hydrogens is 323 g/mol. The first-order valence-corrected chi connectivity index (χ1v) is 7.84. The third-order valence-corrected chi connectivity index (χ3v) is 4.69. The quantitative estimate of drug-likeness (QED) is 0.785. The average molecular weight is 341 g/mol. The lowest BCUT2D eigenvalue weighted by atomic mass is 9.85. The van der Waals surface area contributed by atoms with Crippen molar-refractivity contribution in [2.45, 2.75) is 44.8 Å². The van der Waals surface area contributed by atoms with Crippen molar-refractivity contribution < 1.29 is 18.0 Å². The predicted molar refractivity (Wildman–Crippen MR) is 82.9 cm³/mol. The molecule has 0 atom stereocenters. The lowest BCUT2D eigenvalue weighted by Crippen LogP contribution is -2.40. The number of aryl methyl sites for hydroxylation is 1. The molecule has 0 saturated heterocycles. The molecule has 1 fully saturated rings. The van der Waals surface area contributed by atoms with Gasteiger partial charge >= 0.3 is 6.18 Å². The van der Waals surface area contributed by atoms with Crippen molar-refractivity contribution in [2.75, 3.05) is 0 Å². The Balaban J connectivity index is 1.73. The SMILES string of the molecule is Cc1c[nH]c(=O)c2c(C(=O)NC3CCC(C(F)(F)F)CC3)c[nH]c12. The van der Waals surface area contributed by atoms with E-state index >= 15 is 0 Å². The third-order valence-electron chi connectivity index (χ3n) is 4.69. The summed E-state index contributed by atoms with van der Waals surface area (Å²) in [5.74, 6) is -1.72. The summed E-state index contributed by atoms with van der Waals surface area (Å²) < 4.78 is 38.0. The van der Waals surface area contributed by atoms with Gasteiger partial charge in [-0.3, -0.25) is 9.59 Å². The minimum Gasteiger partial charge on any atom is -0.360 e. The van der Waals surface area contributed by atoms with E-state index in [1.165, 1.54) is 6.20 Å². The maximum Gasteiger partial charge on any atom is 0.391 e. The molecule has 0 radical (unpaired) electrons. The molecule has 3 rings (SSSR count). The zero-order chi connectivity index (χ0) is 17.5. The highest BCUT2D eigenvalue weighted by Gasteiger charge is 2.41. The second-order valence-electron chi connectivity index (χ2n) is 6.32. The van der Waals surface area contributed by atoms with E-state index in [1.54, 1.807) is 13.1 Å². The largest absolute Gasteiger partial charge is 0.391 e. The number of halogens is 3. The van der Waals surface area contributed by atoms with E-state index in [4.69, 9.17) is 0 Å². The van der Waals surface area contributed by atoms with Crippen molar-refractivity contribution in [2.24, 2.45) is 5.92 Å². The fourth-order valence-electron chi connectivity index (χ4n) is 3.30. The first-order valence-electron chi connectivity index (χ1n) is 7.84. The number of H-pyrrole nitrogens is 2. The van der Waals surface area contributed by atoms with Crippen LogP contribution >= 0.6 is 0 Å². The molecule has 2 aromatic heterocycles. The first kappa shape index (κ1) is 16.6. The maximum atomic E-state index is 12.7. The monoisotopic (exact) mass is 341 g/mol. The third kappa shape index (κ3) is 3.05. The minimum atomic E-state index is -4.17. The highest BCUT2D eigenvalue weighted by atomic mass is 19.4. The van der Waals surface area contributed by atoms with Crippen molar-refractivity contribution in [1.82, 2.24) is 15.3 Å². The van der Waals surface area contributed by atoms with Gasteiger partial charge in [-0.2, -0.15) is 13.2 Å². The molecule has 0 aromatic carbocycles. The van der Waals surface area contributed by atoms with Crippen molar-refractivity contribution in [3.05, 3.63) is 33.9 Å². The Kier molecular flexibility index (Phi) is 4.15. The molecule has 5 nitrogen and oxygen atoms in total. The molecule has 0 bridgehead atoms.